The number of hydrogen-bond donors (Lipinski definition) is 0. The third kappa shape index (κ3) is 2.62. The molecule has 0 amide bonds. The molecule has 36 heavy (non-hydrogen) atoms. The van der Waals surface area contributed by atoms with Crippen LogP contribution < -0.4 is 0 Å². The summed E-state index contributed by atoms with van der Waals surface area (Å²) >= 11 is 0. The molecule has 8 aromatic rings. The zero-order valence-electron chi connectivity index (χ0n) is 19.2. The number of fused-ring (bicyclic) bond motifs is 7. The van der Waals surface area contributed by atoms with Gasteiger partial charge in [-0.2, -0.15) is 0 Å². The molecule has 0 saturated heterocycles. The quantitative estimate of drug-likeness (QED) is 0.273. The molecule has 5 nitrogen and oxygen atoms in total. The van der Waals surface area contributed by atoms with E-state index in [1.807, 2.05) is 30.6 Å². The Hall–Kier alpha value is -5.03. The van der Waals surface area contributed by atoms with E-state index < -0.39 is 0 Å². The molecule has 0 spiro atoms. The van der Waals surface area contributed by atoms with Crippen LogP contribution in [0.1, 0.15) is 0 Å². The summed E-state index contributed by atoms with van der Waals surface area (Å²) in [6.07, 6.45) is 3.79. The van der Waals surface area contributed by atoms with E-state index in [0.29, 0.717) is 0 Å². The fourth-order valence-corrected chi connectivity index (χ4v) is 5.39. The SMILES string of the molecule is c1ccc(-n2c3cccnc3c3nc4c5ccccc5n(-c5cc6ccccc6cn5)c4cc32)cc1. The van der Waals surface area contributed by atoms with Crippen molar-refractivity contribution in [3.8, 4) is 11.5 Å². The molecule has 0 radical (unpaired) electrons. The van der Waals surface area contributed by atoms with Crippen molar-refractivity contribution in [1.29, 1.82) is 0 Å². The first kappa shape index (κ1) is 19.3. The maximum atomic E-state index is 5.26. The van der Waals surface area contributed by atoms with Crippen LogP contribution in [0.4, 0.5) is 0 Å². The predicted octanol–water partition coefficient (Wildman–Crippen LogP) is 7.22. The van der Waals surface area contributed by atoms with Crippen LogP contribution in [0.25, 0.3) is 66.3 Å². The summed E-state index contributed by atoms with van der Waals surface area (Å²) in [5.41, 5.74) is 8.00. The lowest BCUT2D eigenvalue weighted by molar-refractivity contribution is 1.09. The summed E-state index contributed by atoms with van der Waals surface area (Å²) in [5.74, 6) is 0.876. The van der Waals surface area contributed by atoms with Gasteiger partial charge >= 0.3 is 0 Å². The zero-order valence-corrected chi connectivity index (χ0v) is 19.2. The Balaban J connectivity index is 1.55. The molecule has 0 unspecified atom stereocenters. The highest BCUT2D eigenvalue weighted by molar-refractivity contribution is 6.14. The van der Waals surface area contributed by atoms with Crippen LogP contribution in [0, 0.1) is 0 Å². The first-order valence-corrected chi connectivity index (χ1v) is 12.0. The number of aromatic nitrogens is 5. The summed E-state index contributed by atoms with van der Waals surface area (Å²) in [6, 6.07) is 35.6. The minimum atomic E-state index is 0.876. The molecule has 0 atom stereocenters. The summed E-state index contributed by atoms with van der Waals surface area (Å²) in [4.78, 5) is 14.9. The van der Waals surface area contributed by atoms with Crippen LogP contribution in [0.5, 0.6) is 0 Å². The van der Waals surface area contributed by atoms with Gasteiger partial charge in [-0.15, -0.1) is 0 Å². The van der Waals surface area contributed by atoms with E-state index in [1.54, 1.807) is 0 Å². The van der Waals surface area contributed by atoms with Gasteiger partial charge in [-0.25, -0.2) is 9.97 Å². The second kappa shape index (κ2) is 7.23. The van der Waals surface area contributed by atoms with E-state index >= 15 is 0 Å². The zero-order chi connectivity index (χ0) is 23.6. The van der Waals surface area contributed by atoms with Crippen LogP contribution in [-0.4, -0.2) is 24.1 Å². The summed E-state index contributed by atoms with van der Waals surface area (Å²) < 4.78 is 4.48. The van der Waals surface area contributed by atoms with Crippen LogP contribution in [0.3, 0.4) is 0 Å². The minimum Gasteiger partial charge on any atom is -0.306 e. The van der Waals surface area contributed by atoms with Gasteiger partial charge in [0.2, 0.25) is 0 Å². The Morgan fingerprint density at radius 3 is 2.17 bits per heavy atom. The van der Waals surface area contributed by atoms with E-state index in [9.17, 15) is 0 Å². The standard InChI is InChI=1S/C31H19N5/c1-2-11-22(12-3-1)35-25-15-8-16-32-30(25)31-27(35)18-26-29(34-31)23-13-6-7-14-24(23)36(26)28-17-20-9-4-5-10-21(20)19-33-28/h1-19H. The predicted molar refractivity (Wildman–Crippen MR) is 146 cm³/mol. The third-order valence-electron chi connectivity index (χ3n) is 6.98. The van der Waals surface area contributed by atoms with E-state index in [-0.39, 0.29) is 0 Å². The minimum absolute atomic E-state index is 0.876. The van der Waals surface area contributed by atoms with Crippen molar-refractivity contribution in [1.82, 2.24) is 24.1 Å². The molecule has 0 aliphatic rings. The van der Waals surface area contributed by atoms with Gasteiger partial charge in [-0.3, -0.25) is 9.55 Å². The second-order valence-corrected chi connectivity index (χ2v) is 9.01. The van der Waals surface area contributed by atoms with Crippen LogP contribution in [-0.2, 0) is 0 Å². The molecule has 0 bridgehead atoms. The van der Waals surface area contributed by atoms with Crippen molar-refractivity contribution >= 4 is 54.8 Å². The van der Waals surface area contributed by atoms with E-state index in [2.05, 4.69) is 94.1 Å². The normalized spacial score (nSPS) is 11.9. The largest absolute Gasteiger partial charge is 0.306 e. The highest BCUT2D eigenvalue weighted by atomic mass is 15.1. The number of para-hydroxylation sites is 2. The number of rotatable bonds is 2. The Morgan fingerprint density at radius 2 is 1.25 bits per heavy atom. The van der Waals surface area contributed by atoms with Crippen molar-refractivity contribution in [3.05, 3.63) is 116 Å². The molecule has 0 aliphatic carbocycles. The number of nitrogens with zero attached hydrogens (tertiary/aromatic N) is 5. The van der Waals surface area contributed by atoms with Crippen molar-refractivity contribution < 1.29 is 0 Å². The monoisotopic (exact) mass is 461 g/mol. The van der Waals surface area contributed by atoms with Crippen LogP contribution >= 0.6 is 0 Å². The van der Waals surface area contributed by atoms with Gasteiger partial charge in [-0.1, -0.05) is 60.7 Å². The van der Waals surface area contributed by atoms with Crippen molar-refractivity contribution in [2.75, 3.05) is 0 Å². The van der Waals surface area contributed by atoms with Gasteiger partial charge in [-0.05, 0) is 47.9 Å². The molecular formula is C31H19N5. The van der Waals surface area contributed by atoms with Crippen LogP contribution in [0.15, 0.2) is 116 Å². The average Bonchev–Trinajstić information content (AvgIpc) is 3.44. The maximum absolute atomic E-state index is 5.26. The molecule has 3 aromatic carbocycles. The highest BCUT2D eigenvalue weighted by Crippen LogP contribution is 2.36. The fraction of sp³-hybridized carbons (Fsp3) is 0. The lowest BCUT2D eigenvalue weighted by Gasteiger charge is -2.09. The molecule has 5 aromatic heterocycles. The molecule has 8 rings (SSSR count). The van der Waals surface area contributed by atoms with E-state index in [1.165, 1.54) is 0 Å². The van der Waals surface area contributed by atoms with Crippen molar-refractivity contribution in [2.24, 2.45) is 0 Å². The number of benzene rings is 3. The van der Waals surface area contributed by atoms with Gasteiger partial charge in [0, 0.05) is 28.9 Å². The molecule has 0 saturated carbocycles. The number of hydrogen-bond acceptors (Lipinski definition) is 3. The smallest absolute Gasteiger partial charge is 0.138 e. The highest BCUT2D eigenvalue weighted by Gasteiger charge is 2.20. The Kier molecular flexibility index (Phi) is 3.88. The molecular weight excluding hydrogens is 442 g/mol. The van der Waals surface area contributed by atoms with Crippen LogP contribution in [0.2, 0.25) is 0 Å². The van der Waals surface area contributed by atoms with Gasteiger partial charge < -0.3 is 4.57 Å². The third-order valence-corrected chi connectivity index (χ3v) is 6.98. The summed E-state index contributed by atoms with van der Waals surface area (Å²) in [6.45, 7) is 0. The molecule has 5 heterocycles. The van der Waals surface area contributed by atoms with E-state index in [4.69, 9.17) is 15.0 Å². The molecule has 0 N–H and O–H groups in total. The Bertz CT molecular complexity index is 2100. The summed E-state index contributed by atoms with van der Waals surface area (Å²) in [5, 5.41) is 3.38. The molecule has 168 valence electrons. The Labute approximate surface area is 205 Å². The van der Waals surface area contributed by atoms with Crippen molar-refractivity contribution in [3.63, 3.8) is 0 Å². The molecule has 0 aliphatic heterocycles. The molecule has 5 heteroatoms. The van der Waals surface area contributed by atoms with Gasteiger partial charge in [0.15, 0.2) is 0 Å². The maximum Gasteiger partial charge on any atom is 0.138 e. The lowest BCUT2D eigenvalue weighted by atomic mass is 10.2. The average molecular weight is 462 g/mol. The lowest BCUT2D eigenvalue weighted by Crippen LogP contribution is -1.98. The summed E-state index contributed by atoms with van der Waals surface area (Å²) in [7, 11) is 0. The van der Waals surface area contributed by atoms with Crippen molar-refractivity contribution in [2.45, 2.75) is 0 Å². The van der Waals surface area contributed by atoms with Gasteiger partial charge in [0.05, 0.1) is 27.6 Å². The number of pyridine rings is 3. The fourth-order valence-electron chi connectivity index (χ4n) is 5.39. The first-order chi connectivity index (χ1) is 17.9. The topological polar surface area (TPSA) is 48.5 Å². The Morgan fingerprint density at radius 1 is 0.500 bits per heavy atom. The first-order valence-electron chi connectivity index (χ1n) is 12.0. The molecule has 0 fully saturated rings. The van der Waals surface area contributed by atoms with Gasteiger partial charge in [0.1, 0.15) is 16.9 Å². The van der Waals surface area contributed by atoms with E-state index in [0.717, 1.165) is 66.3 Å². The second-order valence-electron chi connectivity index (χ2n) is 9.01. The van der Waals surface area contributed by atoms with Gasteiger partial charge in [0.25, 0.3) is 0 Å².